The number of rotatable bonds is 6. The molecule has 0 aliphatic heterocycles. The molecule has 0 saturated heterocycles. The van der Waals surface area contributed by atoms with E-state index in [1.807, 2.05) is 11.9 Å². The summed E-state index contributed by atoms with van der Waals surface area (Å²) >= 11 is 0. The van der Waals surface area contributed by atoms with E-state index in [1.54, 1.807) is 19.1 Å². The van der Waals surface area contributed by atoms with Crippen molar-refractivity contribution in [3.8, 4) is 0 Å². The van der Waals surface area contributed by atoms with Gasteiger partial charge in [-0.1, -0.05) is 12.1 Å². The van der Waals surface area contributed by atoms with Crippen LogP contribution in [0.4, 0.5) is 4.39 Å². The minimum atomic E-state index is -0.435. The minimum Gasteiger partial charge on any atom is -0.461 e. The highest BCUT2D eigenvalue weighted by molar-refractivity contribution is 5.82. The molecule has 1 rings (SSSR count). The van der Waals surface area contributed by atoms with Gasteiger partial charge in [-0.3, -0.25) is 4.90 Å². The standard InChI is InChI=1S/C14H19FN2O2/c1-11(16)9-14(18)19-8-7-17(2)10-12-3-5-13(15)6-4-12/h3-6,9H,7-8,10,16H2,1-2H3/b11-9+. The lowest BCUT2D eigenvalue weighted by Crippen LogP contribution is -2.23. The number of likely N-dealkylation sites (N-methyl/N-ethyl adjacent to an activating group) is 1. The summed E-state index contributed by atoms with van der Waals surface area (Å²) < 4.78 is 17.7. The number of carbonyl (C=O) groups excluding carboxylic acids is 1. The number of hydrogen-bond acceptors (Lipinski definition) is 4. The van der Waals surface area contributed by atoms with Crippen molar-refractivity contribution in [1.82, 2.24) is 4.90 Å². The molecule has 0 bridgehead atoms. The molecule has 0 radical (unpaired) electrons. The number of ether oxygens (including phenoxy) is 1. The van der Waals surface area contributed by atoms with E-state index in [0.717, 1.165) is 5.56 Å². The van der Waals surface area contributed by atoms with E-state index in [4.69, 9.17) is 10.5 Å². The van der Waals surface area contributed by atoms with Crippen molar-refractivity contribution < 1.29 is 13.9 Å². The van der Waals surface area contributed by atoms with Gasteiger partial charge in [-0.2, -0.15) is 0 Å². The van der Waals surface area contributed by atoms with Crippen LogP contribution >= 0.6 is 0 Å². The molecule has 0 unspecified atom stereocenters. The fourth-order valence-electron chi connectivity index (χ4n) is 1.51. The zero-order chi connectivity index (χ0) is 14.3. The average molecular weight is 266 g/mol. The van der Waals surface area contributed by atoms with E-state index < -0.39 is 5.97 Å². The Balaban J connectivity index is 2.28. The molecule has 19 heavy (non-hydrogen) atoms. The summed E-state index contributed by atoms with van der Waals surface area (Å²) in [6.07, 6.45) is 1.25. The van der Waals surface area contributed by atoms with E-state index in [1.165, 1.54) is 18.2 Å². The maximum absolute atomic E-state index is 12.7. The van der Waals surface area contributed by atoms with Crippen LogP contribution in [0.1, 0.15) is 12.5 Å². The maximum Gasteiger partial charge on any atom is 0.332 e. The van der Waals surface area contributed by atoms with E-state index >= 15 is 0 Å². The lowest BCUT2D eigenvalue weighted by Gasteiger charge is -2.16. The van der Waals surface area contributed by atoms with E-state index in [0.29, 0.717) is 25.4 Å². The normalized spacial score (nSPS) is 11.7. The lowest BCUT2D eigenvalue weighted by molar-refractivity contribution is -0.138. The summed E-state index contributed by atoms with van der Waals surface area (Å²) in [7, 11) is 1.90. The molecule has 0 fully saturated rings. The van der Waals surface area contributed by atoms with Crippen LogP contribution < -0.4 is 5.73 Å². The highest BCUT2D eigenvalue weighted by atomic mass is 19.1. The summed E-state index contributed by atoms with van der Waals surface area (Å²) in [5.41, 5.74) is 6.79. The van der Waals surface area contributed by atoms with Gasteiger partial charge in [0.2, 0.25) is 0 Å². The maximum atomic E-state index is 12.7. The third-order valence-corrected chi connectivity index (χ3v) is 2.43. The fourth-order valence-corrected chi connectivity index (χ4v) is 1.51. The van der Waals surface area contributed by atoms with Crippen LogP contribution in [0.5, 0.6) is 0 Å². The van der Waals surface area contributed by atoms with Gasteiger partial charge in [-0.05, 0) is 31.7 Å². The van der Waals surface area contributed by atoms with E-state index in [2.05, 4.69) is 0 Å². The largest absolute Gasteiger partial charge is 0.461 e. The Kier molecular flexibility index (Phi) is 6.02. The quantitative estimate of drug-likeness (QED) is 0.628. The summed E-state index contributed by atoms with van der Waals surface area (Å²) in [4.78, 5) is 13.2. The molecule has 4 nitrogen and oxygen atoms in total. The predicted molar refractivity (Wildman–Crippen MR) is 71.6 cm³/mol. The predicted octanol–water partition coefficient (Wildman–Crippen LogP) is 1.66. The number of hydrogen-bond donors (Lipinski definition) is 1. The third-order valence-electron chi connectivity index (χ3n) is 2.43. The molecule has 0 spiro atoms. The van der Waals surface area contributed by atoms with Crippen molar-refractivity contribution in [1.29, 1.82) is 0 Å². The molecule has 1 aromatic carbocycles. The van der Waals surface area contributed by atoms with E-state index in [9.17, 15) is 9.18 Å². The van der Waals surface area contributed by atoms with Crippen molar-refractivity contribution in [3.05, 3.63) is 47.4 Å². The van der Waals surface area contributed by atoms with Crippen LogP contribution in [-0.2, 0) is 16.1 Å². The van der Waals surface area contributed by atoms with Gasteiger partial charge in [0.25, 0.3) is 0 Å². The molecule has 1 aromatic rings. The molecule has 0 aliphatic carbocycles. The van der Waals surface area contributed by atoms with Crippen LogP contribution in [0.15, 0.2) is 36.0 Å². The Morgan fingerprint density at radius 2 is 2.05 bits per heavy atom. The fraction of sp³-hybridized carbons (Fsp3) is 0.357. The number of halogens is 1. The Labute approximate surface area is 112 Å². The smallest absolute Gasteiger partial charge is 0.332 e. The summed E-state index contributed by atoms with van der Waals surface area (Å²) in [6, 6.07) is 6.33. The lowest BCUT2D eigenvalue weighted by atomic mass is 10.2. The van der Waals surface area contributed by atoms with Crippen molar-refractivity contribution in [2.75, 3.05) is 20.2 Å². The molecule has 0 amide bonds. The molecule has 0 saturated carbocycles. The first-order chi connectivity index (χ1) is 8.97. The van der Waals surface area contributed by atoms with E-state index in [-0.39, 0.29) is 5.82 Å². The molecule has 0 aliphatic rings. The molecule has 0 heterocycles. The second kappa shape index (κ2) is 7.53. The van der Waals surface area contributed by atoms with Crippen molar-refractivity contribution in [2.45, 2.75) is 13.5 Å². The Bertz CT molecular complexity index is 439. The molecule has 0 atom stereocenters. The second-order valence-electron chi connectivity index (χ2n) is 4.42. The first-order valence-corrected chi connectivity index (χ1v) is 6.01. The van der Waals surface area contributed by atoms with Crippen LogP contribution in [0.25, 0.3) is 0 Å². The Morgan fingerprint density at radius 3 is 2.63 bits per heavy atom. The van der Waals surface area contributed by atoms with Crippen LogP contribution in [0.3, 0.4) is 0 Å². The van der Waals surface area contributed by atoms with Crippen LogP contribution in [0, 0.1) is 5.82 Å². The number of nitrogens with two attached hydrogens (primary N) is 1. The average Bonchev–Trinajstić information content (AvgIpc) is 2.31. The molecular formula is C14H19FN2O2. The molecular weight excluding hydrogens is 247 g/mol. The van der Waals surface area contributed by atoms with Crippen molar-refractivity contribution >= 4 is 5.97 Å². The first-order valence-electron chi connectivity index (χ1n) is 6.01. The van der Waals surface area contributed by atoms with Crippen LogP contribution in [0.2, 0.25) is 0 Å². The van der Waals surface area contributed by atoms with Gasteiger partial charge in [0, 0.05) is 24.9 Å². The third kappa shape index (κ3) is 6.57. The number of carbonyl (C=O) groups is 1. The van der Waals surface area contributed by atoms with Gasteiger partial charge in [0.05, 0.1) is 0 Å². The summed E-state index contributed by atoms with van der Waals surface area (Å²) in [5, 5.41) is 0. The summed E-state index contributed by atoms with van der Waals surface area (Å²) in [6.45, 7) is 3.19. The zero-order valence-corrected chi connectivity index (χ0v) is 11.2. The van der Waals surface area contributed by atoms with Gasteiger partial charge in [-0.15, -0.1) is 0 Å². The van der Waals surface area contributed by atoms with Gasteiger partial charge in [0.15, 0.2) is 0 Å². The minimum absolute atomic E-state index is 0.246. The van der Waals surface area contributed by atoms with Crippen LogP contribution in [-0.4, -0.2) is 31.1 Å². The number of nitrogens with zero attached hydrogens (tertiary/aromatic N) is 1. The molecule has 104 valence electrons. The van der Waals surface area contributed by atoms with Gasteiger partial charge in [0.1, 0.15) is 12.4 Å². The number of esters is 1. The van der Waals surface area contributed by atoms with Gasteiger partial charge < -0.3 is 10.5 Å². The SMILES string of the molecule is C/C(N)=C\C(=O)OCCN(C)Cc1ccc(F)cc1. The Morgan fingerprint density at radius 1 is 1.42 bits per heavy atom. The van der Waals surface area contributed by atoms with Gasteiger partial charge in [-0.25, -0.2) is 9.18 Å². The highest BCUT2D eigenvalue weighted by Gasteiger charge is 2.03. The first kappa shape index (κ1) is 15.2. The number of benzene rings is 1. The number of allylic oxidation sites excluding steroid dienone is 1. The second-order valence-corrected chi connectivity index (χ2v) is 4.42. The molecule has 0 aromatic heterocycles. The monoisotopic (exact) mass is 266 g/mol. The van der Waals surface area contributed by atoms with Crippen molar-refractivity contribution in [2.24, 2.45) is 5.73 Å². The zero-order valence-electron chi connectivity index (χ0n) is 11.2. The molecule has 2 N–H and O–H groups in total. The summed E-state index contributed by atoms with van der Waals surface area (Å²) in [5.74, 6) is -0.681. The highest BCUT2D eigenvalue weighted by Crippen LogP contribution is 2.05. The topological polar surface area (TPSA) is 55.6 Å². The Hall–Kier alpha value is -1.88. The van der Waals surface area contributed by atoms with Crippen molar-refractivity contribution in [3.63, 3.8) is 0 Å². The molecule has 5 heteroatoms. The van der Waals surface area contributed by atoms with Gasteiger partial charge >= 0.3 is 5.97 Å².